The maximum Gasteiger partial charge on any atom is 0.338 e. The molecule has 0 aliphatic carbocycles. The number of rotatable bonds is 7. The quantitative estimate of drug-likeness (QED) is 0.450. The van der Waals surface area contributed by atoms with Crippen LogP contribution in [0.2, 0.25) is 0 Å². The van der Waals surface area contributed by atoms with Crippen LogP contribution in [0.1, 0.15) is 15.9 Å². The summed E-state index contributed by atoms with van der Waals surface area (Å²) in [6.07, 6.45) is 0. The fourth-order valence-corrected chi connectivity index (χ4v) is 2.32. The van der Waals surface area contributed by atoms with Gasteiger partial charge in [0.15, 0.2) is 18.1 Å². The van der Waals surface area contributed by atoms with Crippen molar-refractivity contribution < 1.29 is 28.7 Å². The molecule has 0 aliphatic rings. The van der Waals surface area contributed by atoms with E-state index in [0.717, 1.165) is 0 Å². The highest BCUT2D eigenvalue weighted by Crippen LogP contribution is 2.28. The van der Waals surface area contributed by atoms with E-state index in [0.29, 0.717) is 17.1 Å². The molecular weight excluding hydrogens is 356 g/mol. The molecule has 2 aromatic rings. The second-order valence-corrected chi connectivity index (χ2v) is 5.42. The molecule has 0 aliphatic heterocycles. The molecule has 0 bridgehead atoms. The normalized spacial score (nSPS) is 10.0. The second kappa shape index (κ2) is 8.65. The van der Waals surface area contributed by atoms with E-state index >= 15 is 0 Å². The number of hydrogen-bond acceptors (Lipinski definition) is 7. The molecule has 2 rings (SSSR count). The van der Waals surface area contributed by atoms with Crippen LogP contribution >= 0.6 is 0 Å². The lowest BCUT2D eigenvalue weighted by molar-refractivity contribution is -0.384. The van der Waals surface area contributed by atoms with Gasteiger partial charge in [0.1, 0.15) is 5.69 Å². The predicted octanol–water partition coefficient (Wildman–Crippen LogP) is 2.72. The van der Waals surface area contributed by atoms with E-state index in [1.165, 1.54) is 44.6 Å². The number of nitro groups is 1. The van der Waals surface area contributed by atoms with Crippen molar-refractivity contribution in [1.82, 2.24) is 0 Å². The number of nitrogens with one attached hydrogen (secondary N) is 1. The highest BCUT2D eigenvalue weighted by molar-refractivity contribution is 5.97. The summed E-state index contributed by atoms with van der Waals surface area (Å²) in [6.45, 7) is 1.02. The number of para-hydroxylation sites is 1. The number of carbonyl (C=O) groups is 2. The first-order chi connectivity index (χ1) is 12.9. The van der Waals surface area contributed by atoms with E-state index in [1.54, 1.807) is 13.0 Å². The van der Waals surface area contributed by atoms with Gasteiger partial charge in [0, 0.05) is 6.07 Å². The molecule has 2 aromatic carbocycles. The summed E-state index contributed by atoms with van der Waals surface area (Å²) in [5.41, 5.74) is 0.510. The summed E-state index contributed by atoms with van der Waals surface area (Å²) in [5.74, 6) is -0.655. The third-order valence-electron chi connectivity index (χ3n) is 3.67. The number of nitrogens with zero attached hydrogens (tertiary/aromatic N) is 1. The Bertz CT molecular complexity index is 880. The number of hydrogen-bond donors (Lipinski definition) is 1. The van der Waals surface area contributed by atoms with Gasteiger partial charge >= 0.3 is 5.97 Å². The maximum absolute atomic E-state index is 12.1. The first-order valence-electron chi connectivity index (χ1n) is 7.80. The number of benzene rings is 2. The van der Waals surface area contributed by atoms with Crippen LogP contribution in [0.3, 0.4) is 0 Å². The summed E-state index contributed by atoms with van der Waals surface area (Å²) in [5, 5.41) is 13.5. The Morgan fingerprint density at radius 1 is 1.11 bits per heavy atom. The van der Waals surface area contributed by atoms with E-state index in [4.69, 9.17) is 14.2 Å². The molecule has 0 radical (unpaired) electrons. The lowest BCUT2D eigenvalue weighted by Gasteiger charge is -2.11. The Kier molecular flexibility index (Phi) is 6.32. The molecule has 0 atom stereocenters. The Morgan fingerprint density at radius 3 is 2.44 bits per heavy atom. The first kappa shape index (κ1) is 19.7. The molecule has 0 aromatic heterocycles. The van der Waals surface area contributed by atoms with Crippen LogP contribution < -0.4 is 14.8 Å². The van der Waals surface area contributed by atoms with Crippen LogP contribution in [-0.4, -0.2) is 37.6 Å². The summed E-state index contributed by atoms with van der Waals surface area (Å²) in [4.78, 5) is 34.6. The average Bonchev–Trinajstić information content (AvgIpc) is 2.66. The third kappa shape index (κ3) is 4.72. The summed E-state index contributed by atoms with van der Waals surface area (Å²) in [7, 11) is 2.89. The second-order valence-electron chi connectivity index (χ2n) is 5.42. The third-order valence-corrected chi connectivity index (χ3v) is 3.67. The molecule has 27 heavy (non-hydrogen) atoms. The molecule has 1 amide bonds. The van der Waals surface area contributed by atoms with E-state index < -0.39 is 23.4 Å². The molecule has 0 unspecified atom stereocenters. The number of anilines is 1. The number of ether oxygens (including phenoxy) is 3. The van der Waals surface area contributed by atoms with Crippen molar-refractivity contribution in [3.8, 4) is 11.5 Å². The summed E-state index contributed by atoms with van der Waals surface area (Å²) >= 11 is 0. The molecule has 0 spiro atoms. The average molecular weight is 374 g/mol. The number of amides is 1. The standard InChI is InChI=1S/C18H18N2O7/c1-11-5-4-6-13(20(23)24)17(11)19-16(21)10-27-18(22)12-7-8-14(25-2)15(9-12)26-3/h4-9H,10H2,1-3H3,(H,19,21). The van der Waals surface area contributed by atoms with E-state index in [2.05, 4.69) is 5.32 Å². The fraction of sp³-hybridized carbons (Fsp3) is 0.222. The molecule has 9 nitrogen and oxygen atoms in total. The van der Waals surface area contributed by atoms with E-state index in [9.17, 15) is 19.7 Å². The SMILES string of the molecule is COc1ccc(C(=O)OCC(=O)Nc2c(C)cccc2[N+](=O)[O-])cc1OC. The van der Waals surface area contributed by atoms with Crippen LogP contribution in [0.25, 0.3) is 0 Å². The van der Waals surface area contributed by atoms with Crippen molar-refractivity contribution in [2.45, 2.75) is 6.92 Å². The zero-order valence-electron chi connectivity index (χ0n) is 15.0. The van der Waals surface area contributed by atoms with Crippen LogP contribution in [-0.2, 0) is 9.53 Å². The molecular formula is C18H18N2O7. The smallest absolute Gasteiger partial charge is 0.338 e. The minimum Gasteiger partial charge on any atom is -0.493 e. The van der Waals surface area contributed by atoms with E-state index in [1.807, 2.05) is 0 Å². The van der Waals surface area contributed by atoms with Crippen LogP contribution in [0.15, 0.2) is 36.4 Å². The van der Waals surface area contributed by atoms with Crippen molar-refractivity contribution in [3.05, 3.63) is 57.6 Å². The molecule has 0 saturated carbocycles. The summed E-state index contributed by atoms with van der Waals surface area (Å²) < 4.78 is 15.1. The van der Waals surface area contributed by atoms with Gasteiger partial charge < -0.3 is 19.5 Å². The van der Waals surface area contributed by atoms with Gasteiger partial charge in [-0.05, 0) is 30.7 Å². The zero-order chi connectivity index (χ0) is 20.0. The van der Waals surface area contributed by atoms with Gasteiger partial charge in [0.05, 0.1) is 24.7 Å². The van der Waals surface area contributed by atoms with Gasteiger partial charge in [-0.3, -0.25) is 14.9 Å². The molecule has 142 valence electrons. The Labute approximate surface area is 155 Å². The van der Waals surface area contributed by atoms with Crippen LogP contribution in [0, 0.1) is 17.0 Å². The van der Waals surface area contributed by atoms with Crippen molar-refractivity contribution in [1.29, 1.82) is 0 Å². The Balaban J connectivity index is 2.04. The summed E-state index contributed by atoms with van der Waals surface area (Å²) in [6, 6.07) is 8.84. The van der Waals surface area contributed by atoms with Gasteiger partial charge in [0.25, 0.3) is 11.6 Å². The van der Waals surface area contributed by atoms with Gasteiger partial charge in [-0.15, -0.1) is 0 Å². The zero-order valence-corrected chi connectivity index (χ0v) is 15.0. The van der Waals surface area contributed by atoms with Crippen molar-refractivity contribution in [2.24, 2.45) is 0 Å². The Hall–Kier alpha value is -3.62. The molecule has 1 N–H and O–H groups in total. The molecule has 0 heterocycles. The number of nitro benzene ring substituents is 1. The van der Waals surface area contributed by atoms with Gasteiger partial charge in [0.2, 0.25) is 0 Å². The topological polar surface area (TPSA) is 117 Å². The minimum atomic E-state index is -0.745. The van der Waals surface area contributed by atoms with Crippen molar-refractivity contribution in [2.75, 3.05) is 26.1 Å². The van der Waals surface area contributed by atoms with Crippen LogP contribution in [0.4, 0.5) is 11.4 Å². The monoisotopic (exact) mass is 374 g/mol. The van der Waals surface area contributed by atoms with Gasteiger partial charge in [-0.25, -0.2) is 4.79 Å². The van der Waals surface area contributed by atoms with Gasteiger partial charge in [-0.2, -0.15) is 0 Å². The lowest BCUT2D eigenvalue weighted by Crippen LogP contribution is -2.22. The number of carbonyl (C=O) groups excluding carboxylic acids is 2. The maximum atomic E-state index is 12.1. The predicted molar refractivity (Wildman–Crippen MR) is 96.3 cm³/mol. The highest BCUT2D eigenvalue weighted by Gasteiger charge is 2.19. The van der Waals surface area contributed by atoms with E-state index in [-0.39, 0.29) is 16.9 Å². The largest absolute Gasteiger partial charge is 0.493 e. The van der Waals surface area contributed by atoms with Crippen LogP contribution in [0.5, 0.6) is 11.5 Å². The first-order valence-corrected chi connectivity index (χ1v) is 7.80. The molecule has 0 saturated heterocycles. The number of methoxy groups -OCH3 is 2. The highest BCUT2D eigenvalue weighted by atomic mass is 16.6. The molecule has 9 heteroatoms. The fourth-order valence-electron chi connectivity index (χ4n) is 2.32. The number of esters is 1. The number of aryl methyl sites for hydroxylation is 1. The Morgan fingerprint density at radius 2 is 1.81 bits per heavy atom. The molecule has 0 fully saturated rings. The van der Waals surface area contributed by atoms with Crippen molar-refractivity contribution >= 4 is 23.3 Å². The lowest BCUT2D eigenvalue weighted by atomic mass is 10.1. The van der Waals surface area contributed by atoms with Gasteiger partial charge in [-0.1, -0.05) is 12.1 Å². The minimum absolute atomic E-state index is 0.0645. The van der Waals surface area contributed by atoms with Crippen molar-refractivity contribution in [3.63, 3.8) is 0 Å².